The zero-order valence-electron chi connectivity index (χ0n) is 34.4. The molecule has 13 aromatic rings. The Bertz CT molecular complexity index is 3870. The highest BCUT2D eigenvalue weighted by molar-refractivity contribution is 6.20. The lowest BCUT2D eigenvalue weighted by molar-refractivity contribution is 1.16. The molecular weight excluding hydrogens is 763 g/mol. The molecule has 63 heavy (non-hydrogen) atoms. The van der Waals surface area contributed by atoms with Crippen LogP contribution in [0.25, 0.3) is 116 Å². The van der Waals surface area contributed by atoms with Gasteiger partial charge in [-0.3, -0.25) is 0 Å². The van der Waals surface area contributed by atoms with Crippen molar-refractivity contribution in [2.75, 3.05) is 0 Å². The Balaban J connectivity index is 1.02. The van der Waals surface area contributed by atoms with Gasteiger partial charge in [-0.1, -0.05) is 152 Å². The Kier molecular flexibility index (Phi) is 7.91. The molecule has 0 saturated carbocycles. The van der Waals surface area contributed by atoms with E-state index in [1.165, 1.54) is 98.8 Å². The average Bonchev–Trinajstić information content (AvgIpc) is 3.99. The first-order valence-corrected chi connectivity index (χ1v) is 21.7. The van der Waals surface area contributed by atoms with Crippen LogP contribution in [0.4, 0.5) is 0 Å². The smallest absolute Gasteiger partial charge is 0.0562 e. The summed E-state index contributed by atoms with van der Waals surface area (Å²) in [5, 5.41) is 7.44. The number of fused-ring (bicyclic) bond motifs is 9. The van der Waals surface area contributed by atoms with Crippen LogP contribution < -0.4 is 0 Å². The van der Waals surface area contributed by atoms with E-state index in [0.717, 1.165) is 17.1 Å². The van der Waals surface area contributed by atoms with Crippen LogP contribution in [0, 0.1) is 0 Å². The Labute approximate surface area is 364 Å². The molecule has 10 aromatic carbocycles. The van der Waals surface area contributed by atoms with Gasteiger partial charge in [-0.05, 0) is 118 Å². The Morgan fingerprint density at radius 2 is 0.540 bits per heavy atom. The van der Waals surface area contributed by atoms with Gasteiger partial charge in [-0.25, -0.2) is 0 Å². The van der Waals surface area contributed by atoms with Gasteiger partial charge in [0.2, 0.25) is 0 Å². The van der Waals surface area contributed by atoms with Crippen molar-refractivity contribution in [3.8, 4) is 50.4 Å². The minimum atomic E-state index is 1.13. The van der Waals surface area contributed by atoms with Crippen LogP contribution in [0.1, 0.15) is 0 Å². The molecular formula is C60H39N3. The maximum absolute atomic E-state index is 2.45. The largest absolute Gasteiger partial charge is 0.309 e. The van der Waals surface area contributed by atoms with Crippen LogP contribution in [0.5, 0.6) is 0 Å². The van der Waals surface area contributed by atoms with Crippen molar-refractivity contribution >= 4 is 65.4 Å². The Hall–Kier alpha value is -8.40. The molecule has 0 saturated heterocycles. The first kappa shape index (κ1) is 35.4. The van der Waals surface area contributed by atoms with Crippen molar-refractivity contribution in [1.29, 1.82) is 0 Å². The van der Waals surface area contributed by atoms with Gasteiger partial charge in [-0.2, -0.15) is 0 Å². The van der Waals surface area contributed by atoms with Gasteiger partial charge in [-0.15, -0.1) is 0 Å². The topological polar surface area (TPSA) is 14.8 Å². The first-order valence-electron chi connectivity index (χ1n) is 21.7. The summed E-state index contributed by atoms with van der Waals surface area (Å²) in [6, 6.07) is 86.5. The van der Waals surface area contributed by atoms with E-state index in [1.54, 1.807) is 0 Å². The third kappa shape index (κ3) is 5.60. The molecule has 0 aliphatic heterocycles. The molecule has 0 aliphatic carbocycles. The highest BCUT2D eigenvalue weighted by Crippen LogP contribution is 2.42. The molecule has 0 amide bonds. The van der Waals surface area contributed by atoms with Crippen molar-refractivity contribution < 1.29 is 0 Å². The summed E-state index contributed by atoms with van der Waals surface area (Å²) < 4.78 is 7.29. The summed E-state index contributed by atoms with van der Waals surface area (Å²) in [6.45, 7) is 0. The van der Waals surface area contributed by atoms with E-state index < -0.39 is 0 Å². The number of rotatable bonds is 6. The maximum Gasteiger partial charge on any atom is 0.0562 e. The summed E-state index contributed by atoms with van der Waals surface area (Å²) in [6.07, 6.45) is 0. The van der Waals surface area contributed by atoms with Crippen LogP contribution >= 0.6 is 0 Å². The Morgan fingerprint density at radius 1 is 0.175 bits per heavy atom. The minimum Gasteiger partial charge on any atom is -0.309 e. The molecule has 0 radical (unpaired) electrons. The fourth-order valence-electron chi connectivity index (χ4n) is 10.1. The number of hydrogen-bond acceptors (Lipinski definition) is 0. The van der Waals surface area contributed by atoms with Gasteiger partial charge in [0.15, 0.2) is 0 Å². The van der Waals surface area contributed by atoms with Gasteiger partial charge < -0.3 is 13.7 Å². The lowest BCUT2D eigenvalue weighted by Gasteiger charge is -2.11. The van der Waals surface area contributed by atoms with Gasteiger partial charge in [0.1, 0.15) is 0 Å². The van der Waals surface area contributed by atoms with E-state index in [4.69, 9.17) is 0 Å². The number of hydrogen-bond donors (Lipinski definition) is 0. The van der Waals surface area contributed by atoms with Crippen molar-refractivity contribution in [2.24, 2.45) is 0 Å². The summed E-state index contributed by atoms with van der Waals surface area (Å²) in [4.78, 5) is 0. The molecule has 294 valence electrons. The number of aromatic nitrogens is 3. The van der Waals surface area contributed by atoms with E-state index in [9.17, 15) is 0 Å². The van der Waals surface area contributed by atoms with Gasteiger partial charge in [0.25, 0.3) is 0 Å². The van der Waals surface area contributed by atoms with Crippen LogP contribution in [0.3, 0.4) is 0 Å². The molecule has 0 atom stereocenters. The molecule has 0 spiro atoms. The maximum atomic E-state index is 2.45. The number of benzene rings is 10. The zero-order valence-corrected chi connectivity index (χ0v) is 34.4. The van der Waals surface area contributed by atoms with E-state index in [0.29, 0.717) is 0 Å². The summed E-state index contributed by atoms with van der Waals surface area (Å²) >= 11 is 0. The molecule has 0 fully saturated rings. The minimum absolute atomic E-state index is 1.13. The van der Waals surface area contributed by atoms with Crippen molar-refractivity contribution in [1.82, 2.24) is 13.7 Å². The van der Waals surface area contributed by atoms with E-state index in [1.807, 2.05) is 0 Å². The van der Waals surface area contributed by atoms with Crippen LogP contribution in [0.15, 0.2) is 237 Å². The molecule has 0 unspecified atom stereocenters. The third-order valence-corrected chi connectivity index (χ3v) is 13.0. The second-order valence-electron chi connectivity index (χ2n) is 16.6. The molecule has 3 nitrogen and oxygen atoms in total. The van der Waals surface area contributed by atoms with E-state index >= 15 is 0 Å². The SMILES string of the molecule is c1ccc(-c2ccc(-n3c4ccc(-c5ccc6c(c5)c5ccccc5n6-c5cccc(-c6ccccc6)c5)cc4c4cc5c6ccccc6n(-c6ccccc6)c5cc43)cc2)cc1. The number of nitrogens with zero attached hydrogens (tertiary/aromatic N) is 3. The predicted octanol–water partition coefficient (Wildman–Crippen LogP) is 16.0. The summed E-state index contributed by atoms with van der Waals surface area (Å²) in [7, 11) is 0. The predicted molar refractivity (Wildman–Crippen MR) is 266 cm³/mol. The second kappa shape index (κ2) is 14.1. The summed E-state index contributed by atoms with van der Waals surface area (Å²) in [5.74, 6) is 0. The quantitative estimate of drug-likeness (QED) is 0.159. The molecule has 3 heterocycles. The van der Waals surface area contributed by atoms with Gasteiger partial charge >= 0.3 is 0 Å². The van der Waals surface area contributed by atoms with Crippen LogP contribution in [-0.4, -0.2) is 13.7 Å². The highest BCUT2D eigenvalue weighted by atomic mass is 15.0. The van der Waals surface area contributed by atoms with Crippen LogP contribution in [-0.2, 0) is 0 Å². The molecule has 13 rings (SSSR count). The molecule has 3 heteroatoms. The molecule has 0 bridgehead atoms. The highest BCUT2D eigenvalue weighted by Gasteiger charge is 2.20. The fourth-order valence-corrected chi connectivity index (χ4v) is 10.1. The van der Waals surface area contributed by atoms with Crippen molar-refractivity contribution in [3.63, 3.8) is 0 Å². The normalized spacial score (nSPS) is 11.8. The first-order chi connectivity index (χ1) is 31.2. The van der Waals surface area contributed by atoms with Crippen LogP contribution in [0.2, 0.25) is 0 Å². The standard InChI is InChI=1S/C60H39N3/c1-4-15-40(16-5-1)42-27-31-47(32-28-42)62-58-34-30-45(37-52(58)54-38-53-50-24-11-12-25-55(50)61(59(53)39-60(54)62)46-20-8-3-9-21-46)44-29-33-57-51(36-44)49-23-10-13-26-56(49)63(57)48-22-14-19-43(35-48)41-17-6-2-7-18-41/h1-39H. The Morgan fingerprint density at radius 3 is 1.14 bits per heavy atom. The average molecular weight is 802 g/mol. The van der Waals surface area contributed by atoms with Gasteiger partial charge in [0.05, 0.1) is 33.1 Å². The van der Waals surface area contributed by atoms with E-state index in [-0.39, 0.29) is 0 Å². The van der Waals surface area contributed by atoms with Crippen molar-refractivity contribution in [3.05, 3.63) is 237 Å². The third-order valence-electron chi connectivity index (χ3n) is 13.0. The molecule has 3 aromatic heterocycles. The lowest BCUT2D eigenvalue weighted by atomic mass is 10.00. The van der Waals surface area contributed by atoms with Crippen molar-refractivity contribution in [2.45, 2.75) is 0 Å². The fraction of sp³-hybridized carbons (Fsp3) is 0. The molecule has 0 aliphatic rings. The monoisotopic (exact) mass is 801 g/mol. The summed E-state index contributed by atoms with van der Waals surface area (Å²) in [5.41, 5.74) is 17.8. The number of para-hydroxylation sites is 3. The van der Waals surface area contributed by atoms with E-state index in [2.05, 4.69) is 250 Å². The lowest BCUT2D eigenvalue weighted by Crippen LogP contribution is -1.96. The molecule has 0 N–H and O–H groups in total. The second-order valence-corrected chi connectivity index (χ2v) is 16.6. The zero-order chi connectivity index (χ0) is 41.4. The van der Waals surface area contributed by atoms with Gasteiger partial charge in [0, 0.05) is 49.4 Å².